The number of carbonyl (C=O) groups excluding carboxylic acids is 1. The number of fused-ring (bicyclic) bond motifs is 1. The molecule has 5 nitrogen and oxygen atoms in total. The van der Waals surface area contributed by atoms with Crippen LogP contribution in [0.2, 0.25) is 0 Å². The lowest BCUT2D eigenvalue weighted by Gasteiger charge is -2.25. The largest absolute Gasteiger partial charge is 1.00 e. The summed E-state index contributed by atoms with van der Waals surface area (Å²) in [6.07, 6.45) is 0. The predicted molar refractivity (Wildman–Crippen MR) is 112 cm³/mol. The number of para-hydroxylation sites is 1. The molecule has 0 aliphatic heterocycles. The molecule has 3 aromatic rings. The minimum absolute atomic E-state index is 0. The van der Waals surface area contributed by atoms with Crippen molar-refractivity contribution < 1.29 is 26.3 Å². The summed E-state index contributed by atoms with van der Waals surface area (Å²) in [6.45, 7) is 7.20. The average Bonchev–Trinajstić information content (AvgIpc) is 3.13. The van der Waals surface area contributed by atoms with Crippen LogP contribution in [0.25, 0.3) is 10.2 Å². The summed E-state index contributed by atoms with van der Waals surface area (Å²) in [5, 5.41) is 0.559. The molecular weight excluding hydrogens is 413 g/mol. The molecule has 0 spiro atoms. The number of likely N-dealkylation sites (N-methyl/N-ethyl adjacent to an activating group) is 1. The molecule has 3 rings (SSSR count). The van der Waals surface area contributed by atoms with E-state index < -0.39 is 0 Å². The number of nitrogens with zero attached hydrogens (tertiary/aromatic N) is 3. The zero-order valence-corrected chi connectivity index (χ0v) is 18.3. The van der Waals surface area contributed by atoms with Gasteiger partial charge in [0.2, 0.25) is 0 Å². The number of hydrogen-bond acceptors (Lipinski definition) is 5. The van der Waals surface area contributed by atoms with Gasteiger partial charge in [-0.3, -0.25) is 9.69 Å². The van der Waals surface area contributed by atoms with Crippen LogP contribution in [0.4, 0.5) is 9.52 Å². The van der Waals surface area contributed by atoms with Gasteiger partial charge in [0.05, 0.1) is 22.9 Å². The van der Waals surface area contributed by atoms with Crippen LogP contribution >= 0.6 is 11.3 Å². The summed E-state index contributed by atoms with van der Waals surface area (Å²) in [5.41, 5.74) is 1.16. The van der Waals surface area contributed by atoms with Gasteiger partial charge in [-0.15, -0.1) is 0 Å². The summed E-state index contributed by atoms with van der Waals surface area (Å²) in [5.74, 6) is 0.0325. The SMILES string of the molecule is CCN(CC)CCN(C(=O)c1ccccc1OC)c1nc2ccc(F)cc2s1.[Cl-]. The normalized spacial score (nSPS) is 10.8. The lowest BCUT2D eigenvalue weighted by atomic mass is 10.1. The summed E-state index contributed by atoms with van der Waals surface area (Å²) in [6, 6.07) is 11.6. The Hall–Kier alpha value is -2.22. The summed E-state index contributed by atoms with van der Waals surface area (Å²) < 4.78 is 19.7. The second-order valence-corrected chi connectivity index (χ2v) is 7.30. The number of rotatable bonds is 8. The standard InChI is InChI=1S/C21H24FN3O2S.ClH/c1-4-24(5-2)12-13-25(20(26)16-8-6-7-9-18(16)27-3)21-23-17-11-10-15(22)14-19(17)28-21;/h6-11,14H,4-5,12-13H2,1-3H3;1H/p-1. The van der Waals surface area contributed by atoms with E-state index in [4.69, 9.17) is 4.74 Å². The fourth-order valence-electron chi connectivity index (χ4n) is 3.03. The summed E-state index contributed by atoms with van der Waals surface area (Å²) >= 11 is 1.32. The number of thiazole rings is 1. The Kier molecular flexibility index (Phi) is 8.37. The number of ether oxygens (including phenoxy) is 1. The number of halogens is 2. The van der Waals surface area contributed by atoms with Gasteiger partial charge >= 0.3 is 0 Å². The number of methoxy groups -OCH3 is 1. The number of anilines is 1. The van der Waals surface area contributed by atoms with Crippen molar-refractivity contribution in [2.24, 2.45) is 0 Å². The Bertz CT molecular complexity index is 962. The molecule has 0 saturated carbocycles. The summed E-state index contributed by atoms with van der Waals surface area (Å²) in [7, 11) is 1.55. The molecular formula is C21H24ClFN3O2S-. The highest BCUT2D eigenvalue weighted by atomic mass is 35.5. The van der Waals surface area contributed by atoms with Crippen molar-refractivity contribution in [3.63, 3.8) is 0 Å². The van der Waals surface area contributed by atoms with Crippen molar-refractivity contribution in [3.8, 4) is 5.75 Å². The Balaban J connectivity index is 0.00000300. The number of aromatic nitrogens is 1. The molecule has 0 radical (unpaired) electrons. The first kappa shape index (κ1) is 23.1. The van der Waals surface area contributed by atoms with Crippen LogP contribution in [-0.4, -0.2) is 49.1 Å². The van der Waals surface area contributed by atoms with Crippen LogP contribution in [0.1, 0.15) is 24.2 Å². The van der Waals surface area contributed by atoms with Crippen LogP contribution < -0.4 is 22.0 Å². The molecule has 2 aromatic carbocycles. The molecule has 1 amide bonds. The van der Waals surface area contributed by atoms with Crippen molar-refractivity contribution >= 4 is 32.6 Å². The van der Waals surface area contributed by atoms with Gasteiger partial charge in [0.25, 0.3) is 5.91 Å². The molecule has 0 aliphatic carbocycles. The third-order valence-electron chi connectivity index (χ3n) is 4.69. The number of hydrogen-bond donors (Lipinski definition) is 0. The quantitative estimate of drug-likeness (QED) is 0.536. The molecule has 0 atom stereocenters. The monoisotopic (exact) mass is 436 g/mol. The van der Waals surface area contributed by atoms with E-state index in [2.05, 4.69) is 23.7 Å². The maximum Gasteiger partial charge on any atom is 0.263 e. The Morgan fingerprint density at radius 3 is 2.55 bits per heavy atom. The Morgan fingerprint density at radius 2 is 1.86 bits per heavy atom. The molecule has 1 aromatic heterocycles. The molecule has 29 heavy (non-hydrogen) atoms. The van der Waals surface area contributed by atoms with E-state index in [0.717, 1.165) is 24.3 Å². The van der Waals surface area contributed by atoms with Gasteiger partial charge in [-0.1, -0.05) is 37.3 Å². The van der Waals surface area contributed by atoms with E-state index in [1.807, 2.05) is 12.1 Å². The van der Waals surface area contributed by atoms with E-state index in [9.17, 15) is 9.18 Å². The van der Waals surface area contributed by atoms with Crippen molar-refractivity contribution in [1.29, 1.82) is 0 Å². The van der Waals surface area contributed by atoms with Crippen molar-refractivity contribution in [2.45, 2.75) is 13.8 Å². The predicted octanol–water partition coefficient (Wildman–Crippen LogP) is 1.44. The Morgan fingerprint density at radius 1 is 1.14 bits per heavy atom. The lowest BCUT2D eigenvalue weighted by Crippen LogP contribution is -3.00. The van der Waals surface area contributed by atoms with Crippen LogP contribution in [-0.2, 0) is 0 Å². The zero-order valence-electron chi connectivity index (χ0n) is 16.7. The minimum atomic E-state index is -0.312. The topological polar surface area (TPSA) is 45.7 Å². The van der Waals surface area contributed by atoms with Crippen LogP contribution in [0.15, 0.2) is 42.5 Å². The highest BCUT2D eigenvalue weighted by Gasteiger charge is 2.24. The lowest BCUT2D eigenvalue weighted by molar-refractivity contribution is -0.0000145. The van der Waals surface area contributed by atoms with Crippen molar-refractivity contribution in [3.05, 3.63) is 53.8 Å². The highest BCUT2D eigenvalue weighted by molar-refractivity contribution is 7.22. The number of amides is 1. The van der Waals surface area contributed by atoms with Crippen LogP contribution in [0.3, 0.4) is 0 Å². The van der Waals surface area contributed by atoms with Crippen molar-refractivity contribution in [2.75, 3.05) is 38.2 Å². The van der Waals surface area contributed by atoms with Gasteiger partial charge < -0.3 is 22.0 Å². The van der Waals surface area contributed by atoms with Crippen LogP contribution in [0.5, 0.6) is 5.75 Å². The van der Waals surface area contributed by atoms with Gasteiger partial charge in [0, 0.05) is 13.1 Å². The molecule has 8 heteroatoms. The van der Waals surface area contributed by atoms with E-state index in [-0.39, 0.29) is 24.1 Å². The maximum absolute atomic E-state index is 13.6. The van der Waals surface area contributed by atoms with E-state index in [1.54, 1.807) is 30.2 Å². The first-order chi connectivity index (χ1) is 13.6. The van der Waals surface area contributed by atoms with E-state index in [1.165, 1.54) is 23.5 Å². The molecule has 0 saturated heterocycles. The molecule has 156 valence electrons. The zero-order chi connectivity index (χ0) is 20.1. The second-order valence-electron chi connectivity index (χ2n) is 6.29. The molecule has 0 fully saturated rings. The third-order valence-corrected chi connectivity index (χ3v) is 5.73. The minimum Gasteiger partial charge on any atom is -1.00 e. The number of benzene rings is 2. The third kappa shape index (κ3) is 5.23. The van der Waals surface area contributed by atoms with Crippen LogP contribution in [0, 0.1) is 5.82 Å². The van der Waals surface area contributed by atoms with E-state index >= 15 is 0 Å². The molecule has 0 bridgehead atoms. The van der Waals surface area contributed by atoms with E-state index in [0.29, 0.717) is 28.5 Å². The Labute approximate surface area is 180 Å². The fourth-order valence-corrected chi connectivity index (χ4v) is 4.05. The van der Waals surface area contributed by atoms with Gasteiger partial charge in [-0.05, 0) is 43.4 Å². The molecule has 1 heterocycles. The fraction of sp³-hybridized carbons (Fsp3) is 0.333. The maximum atomic E-state index is 13.6. The number of carbonyl (C=O) groups is 1. The van der Waals surface area contributed by atoms with Gasteiger partial charge in [0.1, 0.15) is 11.6 Å². The molecule has 0 N–H and O–H groups in total. The second kappa shape index (κ2) is 10.5. The smallest absolute Gasteiger partial charge is 0.263 e. The molecule has 0 unspecified atom stereocenters. The summed E-state index contributed by atoms with van der Waals surface area (Å²) in [4.78, 5) is 21.9. The average molecular weight is 437 g/mol. The van der Waals surface area contributed by atoms with Gasteiger partial charge in [-0.25, -0.2) is 9.37 Å². The first-order valence-electron chi connectivity index (χ1n) is 9.30. The molecule has 0 aliphatic rings. The van der Waals surface area contributed by atoms with Gasteiger partial charge in [0.15, 0.2) is 5.13 Å². The highest BCUT2D eigenvalue weighted by Crippen LogP contribution is 2.31. The van der Waals surface area contributed by atoms with Gasteiger partial charge in [-0.2, -0.15) is 0 Å². The first-order valence-corrected chi connectivity index (χ1v) is 10.1. The van der Waals surface area contributed by atoms with Crippen molar-refractivity contribution in [1.82, 2.24) is 9.88 Å².